The summed E-state index contributed by atoms with van der Waals surface area (Å²) in [6.45, 7) is 2.06. The molecule has 0 fully saturated rings. The third-order valence-electron chi connectivity index (χ3n) is 2.45. The van der Waals surface area contributed by atoms with Gasteiger partial charge in [-0.3, -0.25) is 0 Å². The number of hydrogen-bond acceptors (Lipinski definition) is 2. The first-order valence-electron chi connectivity index (χ1n) is 5.70. The molecule has 0 amide bonds. The first-order chi connectivity index (χ1) is 8.71. The summed E-state index contributed by atoms with van der Waals surface area (Å²) >= 11 is 9.28. The summed E-state index contributed by atoms with van der Waals surface area (Å²) in [6, 6.07) is 11.5. The molecule has 1 aromatic heterocycles. The Hall–Kier alpha value is -1.06. The fourth-order valence-corrected chi connectivity index (χ4v) is 2.11. The molecule has 0 aliphatic rings. The Labute approximate surface area is 120 Å². The molecule has 0 aliphatic carbocycles. The number of aryl methyl sites for hydroxylation is 1. The lowest BCUT2D eigenvalue weighted by molar-refractivity contribution is 0.460. The van der Waals surface area contributed by atoms with Crippen LogP contribution in [0.5, 0.6) is 11.6 Å². The Kier molecular flexibility index (Phi) is 4.61. The van der Waals surface area contributed by atoms with Crippen molar-refractivity contribution in [2.75, 3.05) is 0 Å². The minimum Gasteiger partial charge on any atom is -0.439 e. The molecule has 0 saturated heterocycles. The van der Waals surface area contributed by atoms with Crippen molar-refractivity contribution < 1.29 is 4.74 Å². The number of rotatable bonds is 4. The largest absolute Gasteiger partial charge is 0.439 e. The molecule has 0 bridgehead atoms. The Morgan fingerprint density at radius 3 is 2.78 bits per heavy atom. The van der Waals surface area contributed by atoms with Crippen LogP contribution in [0.2, 0.25) is 0 Å². The van der Waals surface area contributed by atoms with Gasteiger partial charge in [0, 0.05) is 22.1 Å². The van der Waals surface area contributed by atoms with E-state index in [1.807, 2.05) is 36.4 Å². The van der Waals surface area contributed by atoms with E-state index in [0.717, 1.165) is 27.9 Å². The van der Waals surface area contributed by atoms with Gasteiger partial charge in [-0.1, -0.05) is 28.9 Å². The van der Waals surface area contributed by atoms with Gasteiger partial charge in [-0.15, -0.1) is 11.6 Å². The van der Waals surface area contributed by atoms with Gasteiger partial charge < -0.3 is 4.74 Å². The van der Waals surface area contributed by atoms with Gasteiger partial charge in [-0.25, -0.2) is 4.98 Å². The fourth-order valence-electron chi connectivity index (χ4n) is 1.58. The average molecular weight is 327 g/mol. The fraction of sp³-hybridized carbons (Fsp3) is 0.214. The molecular weight excluding hydrogens is 314 g/mol. The molecule has 94 valence electrons. The lowest BCUT2D eigenvalue weighted by atomic mass is 10.2. The number of ether oxygens (including phenoxy) is 1. The first kappa shape index (κ1) is 13.4. The molecule has 0 radical (unpaired) electrons. The summed E-state index contributed by atoms with van der Waals surface area (Å²) in [5.74, 6) is 1.80. The molecule has 18 heavy (non-hydrogen) atoms. The van der Waals surface area contributed by atoms with Gasteiger partial charge >= 0.3 is 0 Å². The standard InChI is InChI=1S/C14H13BrClNO/c1-2-12-6-10(9-16)7-14(17-12)18-13-5-3-4-11(15)8-13/h3-8H,2,9H2,1H3. The normalized spacial score (nSPS) is 10.4. The Morgan fingerprint density at radius 1 is 1.28 bits per heavy atom. The highest BCUT2D eigenvalue weighted by atomic mass is 79.9. The molecule has 2 rings (SSSR count). The highest BCUT2D eigenvalue weighted by molar-refractivity contribution is 9.10. The molecule has 2 aromatic rings. The number of pyridine rings is 1. The van der Waals surface area contributed by atoms with Crippen LogP contribution in [-0.2, 0) is 12.3 Å². The summed E-state index contributed by atoms with van der Waals surface area (Å²) < 4.78 is 6.72. The van der Waals surface area contributed by atoms with Crippen LogP contribution in [0.15, 0.2) is 40.9 Å². The van der Waals surface area contributed by atoms with E-state index in [4.69, 9.17) is 16.3 Å². The Morgan fingerprint density at radius 2 is 2.11 bits per heavy atom. The highest BCUT2D eigenvalue weighted by Gasteiger charge is 2.04. The van der Waals surface area contributed by atoms with Crippen molar-refractivity contribution in [2.45, 2.75) is 19.2 Å². The molecule has 2 nitrogen and oxygen atoms in total. The van der Waals surface area contributed by atoms with E-state index in [1.165, 1.54) is 0 Å². The van der Waals surface area contributed by atoms with Crippen LogP contribution in [0, 0.1) is 0 Å². The van der Waals surface area contributed by atoms with Gasteiger partial charge in [0.25, 0.3) is 0 Å². The second-order valence-electron chi connectivity index (χ2n) is 3.85. The highest BCUT2D eigenvalue weighted by Crippen LogP contribution is 2.24. The SMILES string of the molecule is CCc1cc(CCl)cc(Oc2cccc(Br)c2)n1. The quantitative estimate of drug-likeness (QED) is 0.743. The van der Waals surface area contributed by atoms with E-state index in [1.54, 1.807) is 0 Å². The maximum absolute atomic E-state index is 5.87. The van der Waals surface area contributed by atoms with Crippen molar-refractivity contribution in [1.29, 1.82) is 0 Å². The third kappa shape index (κ3) is 3.47. The van der Waals surface area contributed by atoms with E-state index >= 15 is 0 Å². The van der Waals surface area contributed by atoms with Crippen molar-refractivity contribution >= 4 is 27.5 Å². The Balaban J connectivity index is 2.28. The third-order valence-corrected chi connectivity index (χ3v) is 3.25. The van der Waals surface area contributed by atoms with E-state index in [2.05, 4.69) is 27.8 Å². The minimum atomic E-state index is 0.463. The number of alkyl halides is 1. The second-order valence-corrected chi connectivity index (χ2v) is 5.03. The smallest absolute Gasteiger partial charge is 0.219 e. The molecular formula is C14H13BrClNO. The Bertz CT molecular complexity index is 523. The summed E-state index contributed by atoms with van der Waals surface area (Å²) in [4.78, 5) is 4.43. The molecule has 0 N–H and O–H groups in total. The zero-order valence-corrected chi connectivity index (χ0v) is 12.3. The topological polar surface area (TPSA) is 22.1 Å². The van der Waals surface area contributed by atoms with E-state index in [9.17, 15) is 0 Å². The van der Waals surface area contributed by atoms with E-state index in [-0.39, 0.29) is 0 Å². The first-order valence-corrected chi connectivity index (χ1v) is 7.03. The number of benzene rings is 1. The monoisotopic (exact) mass is 325 g/mol. The number of hydrogen-bond donors (Lipinski definition) is 0. The summed E-state index contributed by atoms with van der Waals surface area (Å²) in [7, 11) is 0. The van der Waals surface area contributed by atoms with Gasteiger partial charge in [-0.2, -0.15) is 0 Å². The van der Waals surface area contributed by atoms with Crippen LogP contribution in [0.25, 0.3) is 0 Å². The number of halogens is 2. The molecule has 1 heterocycles. The summed E-state index contributed by atoms with van der Waals surface area (Å²) in [6.07, 6.45) is 0.861. The summed E-state index contributed by atoms with van der Waals surface area (Å²) in [5, 5.41) is 0. The van der Waals surface area contributed by atoms with Gasteiger partial charge in [0.2, 0.25) is 5.88 Å². The lowest BCUT2D eigenvalue weighted by Gasteiger charge is -2.08. The van der Waals surface area contributed by atoms with Crippen LogP contribution in [0.1, 0.15) is 18.2 Å². The van der Waals surface area contributed by atoms with Crippen LogP contribution < -0.4 is 4.74 Å². The lowest BCUT2D eigenvalue weighted by Crippen LogP contribution is -1.95. The number of aromatic nitrogens is 1. The van der Waals surface area contributed by atoms with Crippen LogP contribution in [0.4, 0.5) is 0 Å². The molecule has 0 aliphatic heterocycles. The van der Waals surface area contributed by atoms with Crippen LogP contribution >= 0.6 is 27.5 Å². The van der Waals surface area contributed by atoms with Crippen LogP contribution in [-0.4, -0.2) is 4.98 Å². The maximum Gasteiger partial charge on any atom is 0.219 e. The molecule has 4 heteroatoms. The minimum absolute atomic E-state index is 0.463. The van der Waals surface area contributed by atoms with Crippen LogP contribution in [0.3, 0.4) is 0 Å². The molecule has 0 unspecified atom stereocenters. The molecule has 0 spiro atoms. The predicted molar refractivity (Wildman–Crippen MR) is 77.4 cm³/mol. The number of nitrogens with zero attached hydrogens (tertiary/aromatic N) is 1. The van der Waals surface area contributed by atoms with Crippen molar-refractivity contribution in [2.24, 2.45) is 0 Å². The second kappa shape index (κ2) is 6.21. The van der Waals surface area contributed by atoms with Crippen molar-refractivity contribution in [3.05, 3.63) is 52.1 Å². The molecule has 0 saturated carbocycles. The van der Waals surface area contributed by atoms with Gasteiger partial charge in [0.1, 0.15) is 5.75 Å². The summed E-state index contributed by atoms with van der Waals surface area (Å²) in [5.41, 5.74) is 2.01. The van der Waals surface area contributed by atoms with Crippen molar-refractivity contribution in [3.8, 4) is 11.6 Å². The van der Waals surface area contributed by atoms with Gasteiger partial charge in [0.05, 0.1) is 0 Å². The van der Waals surface area contributed by atoms with Gasteiger partial charge in [-0.05, 0) is 36.2 Å². The van der Waals surface area contributed by atoms with E-state index < -0.39 is 0 Å². The zero-order chi connectivity index (χ0) is 13.0. The predicted octanol–water partition coefficient (Wildman–Crippen LogP) is 4.94. The van der Waals surface area contributed by atoms with Gasteiger partial charge in [0.15, 0.2) is 0 Å². The molecule has 0 atom stereocenters. The zero-order valence-electron chi connectivity index (χ0n) is 9.99. The van der Waals surface area contributed by atoms with E-state index in [0.29, 0.717) is 11.8 Å². The average Bonchev–Trinajstić information content (AvgIpc) is 2.38. The van der Waals surface area contributed by atoms with Crippen molar-refractivity contribution in [3.63, 3.8) is 0 Å². The molecule has 1 aromatic carbocycles. The van der Waals surface area contributed by atoms with Crippen molar-refractivity contribution in [1.82, 2.24) is 4.98 Å². The maximum atomic E-state index is 5.87.